The van der Waals surface area contributed by atoms with Crippen molar-refractivity contribution < 1.29 is 0 Å². The maximum absolute atomic E-state index is 3.53. The van der Waals surface area contributed by atoms with Crippen molar-refractivity contribution in [3.8, 4) is 0 Å². The van der Waals surface area contributed by atoms with Gasteiger partial charge in [0.1, 0.15) is 0 Å². The van der Waals surface area contributed by atoms with Crippen molar-refractivity contribution in [1.29, 1.82) is 0 Å². The summed E-state index contributed by atoms with van der Waals surface area (Å²) in [5.41, 5.74) is 3.90. The molecule has 0 saturated carbocycles. The van der Waals surface area contributed by atoms with Crippen molar-refractivity contribution in [2.45, 2.75) is 18.9 Å². The van der Waals surface area contributed by atoms with E-state index in [-0.39, 0.29) is 5.54 Å². The molecule has 0 aromatic heterocycles. The number of nitrogens with one attached hydrogen (secondary N) is 1. The fourth-order valence-corrected chi connectivity index (χ4v) is 2.73. The van der Waals surface area contributed by atoms with E-state index in [9.17, 15) is 0 Å². The molecule has 0 bridgehead atoms. The highest BCUT2D eigenvalue weighted by Crippen LogP contribution is 2.33. The maximum Gasteiger partial charge on any atom is 0.0812 e. The first kappa shape index (κ1) is 12.7. The molecule has 0 radical (unpaired) electrons. The van der Waals surface area contributed by atoms with Crippen LogP contribution in [-0.4, -0.2) is 0 Å². The molecular formula is C19H19N. The first-order valence-corrected chi connectivity index (χ1v) is 7.02. The minimum absolute atomic E-state index is 0.133. The number of dihydropyridines is 1. The molecule has 3 rings (SSSR count). The highest BCUT2D eigenvalue weighted by Gasteiger charge is 2.30. The zero-order chi connectivity index (χ0) is 13.8. The van der Waals surface area contributed by atoms with Gasteiger partial charge < -0.3 is 5.32 Å². The lowest BCUT2D eigenvalue weighted by Gasteiger charge is -2.36. The van der Waals surface area contributed by atoms with Gasteiger partial charge in [-0.2, -0.15) is 0 Å². The highest BCUT2D eigenvalue weighted by atomic mass is 15.0. The molecule has 1 heterocycles. The van der Waals surface area contributed by atoms with E-state index in [2.05, 4.69) is 85.1 Å². The molecule has 0 fully saturated rings. The van der Waals surface area contributed by atoms with Gasteiger partial charge in [-0.1, -0.05) is 66.7 Å². The number of allylic oxidation sites excluding steroid dienone is 2. The molecule has 0 amide bonds. The minimum Gasteiger partial charge on any atom is -0.378 e. The third kappa shape index (κ3) is 2.39. The van der Waals surface area contributed by atoms with Gasteiger partial charge in [0.15, 0.2) is 0 Å². The Bertz CT molecular complexity index is 625. The third-order valence-electron chi connectivity index (χ3n) is 4.00. The van der Waals surface area contributed by atoms with Gasteiger partial charge in [-0.25, -0.2) is 0 Å². The summed E-state index contributed by atoms with van der Waals surface area (Å²) in [5, 5.41) is 3.53. The average Bonchev–Trinajstić information content (AvgIpc) is 2.52. The normalized spacial score (nSPS) is 21.1. The van der Waals surface area contributed by atoms with E-state index >= 15 is 0 Å². The summed E-state index contributed by atoms with van der Waals surface area (Å²) in [6.07, 6.45) is 7.31. The molecule has 1 atom stereocenters. The fourth-order valence-electron chi connectivity index (χ4n) is 2.73. The van der Waals surface area contributed by atoms with E-state index in [4.69, 9.17) is 0 Å². The van der Waals surface area contributed by atoms with Crippen LogP contribution in [0.15, 0.2) is 84.6 Å². The number of benzene rings is 2. The zero-order valence-corrected chi connectivity index (χ0v) is 11.7. The Morgan fingerprint density at radius 1 is 0.900 bits per heavy atom. The number of hydrogen-bond acceptors (Lipinski definition) is 1. The summed E-state index contributed by atoms with van der Waals surface area (Å²) in [6, 6.07) is 21.3. The van der Waals surface area contributed by atoms with Crippen molar-refractivity contribution >= 4 is 0 Å². The van der Waals surface area contributed by atoms with Crippen molar-refractivity contribution in [2.24, 2.45) is 0 Å². The Balaban J connectivity index is 1.95. The Hall–Kier alpha value is -2.28. The summed E-state index contributed by atoms with van der Waals surface area (Å²) in [4.78, 5) is 0. The summed E-state index contributed by atoms with van der Waals surface area (Å²) < 4.78 is 0. The van der Waals surface area contributed by atoms with Crippen LogP contribution in [0.4, 0.5) is 0 Å². The molecule has 0 aliphatic carbocycles. The maximum atomic E-state index is 3.53. The van der Waals surface area contributed by atoms with E-state index < -0.39 is 0 Å². The molecule has 20 heavy (non-hydrogen) atoms. The lowest BCUT2D eigenvalue weighted by molar-refractivity contribution is 0.479. The standard InChI is InChI=1S/C19H19N/c1-19(17-11-6-3-7-12-17)18(13-8-14-20-19)15-16-9-4-2-5-10-16/h2-14,20H,15H2,1H3. The van der Waals surface area contributed by atoms with E-state index in [1.165, 1.54) is 16.7 Å². The second-order valence-corrected chi connectivity index (χ2v) is 5.35. The summed E-state index contributed by atoms with van der Waals surface area (Å²) in [5.74, 6) is 0. The summed E-state index contributed by atoms with van der Waals surface area (Å²) in [7, 11) is 0. The molecule has 1 aliphatic rings. The predicted molar refractivity (Wildman–Crippen MR) is 84.3 cm³/mol. The second-order valence-electron chi connectivity index (χ2n) is 5.35. The fraction of sp³-hybridized carbons (Fsp3) is 0.158. The van der Waals surface area contributed by atoms with Gasteiger partial charge in [0, 0.05) is 0 Å². The average molecular weight is 261 g/mol. The van der Waals surface area contributed by atoms with Crippen LogP contribution in [0.25, 0.3) is 0 Å². The molecule has 1 unspecified atom stereocenters. The number of rotatable bonds is 3. The van der Waals surface area contributed by atoms with E-state index in [0.717, 1.165) is 6.42 Å². The molecule has 2 aromatic rings. The Labute approximate surface area is 120 Å². The van der Waals surface area contributed by atoms with Gasteiger partial charge in [0.25, 0.3) is 0 Å². The van der Waals surface area contributed by atoms with Crippen molar-refractivity contribution in [3.63, 3.8) is 0 Å². The molecule has 1 nitrogen and oxygen atoms in total. The van der Waals surface area contributed by atoms with Gasteiger partial charge in [-0.05, 0) is 42.3 Å². The lowest BCUT2D eigenvalue weighted by Crippen LogP contribution is -2.40. The van der Waals surface area contributed by atoms with Crippen molar-refractivity contribution in [2.75, 3.05) is 0 Å². The van der Waals surface area contributed by atoms with Gasteiger partial charge in [0.05, 0.1) is 5.54 Å². The van der Waals surface area contributed by atoms with Gasteiger partial charge in [-0.3, -0.25) is 0 Å². The van der Waals surface area contributed by atoms with Gasteiger partial charge in [-0.15, -0.1) is 0 Å². The quantitative estimate of drug-likeness (QED) is 0.873. The Kier molecular flexibility index (Phi) is 3.42. The molecule has 0 saturated heterocycles. The molecule has 100 valence electrons. The van der Waals surface area contributed by atoms with Crippen molar-refractivity contribution in [1.82, 2.24) is 5.32 Å². The Morgan fingerprint density at radius 3 is 2.25 bits per heavy atom. The van der Waals surface area contributed by atoms with E-state index in [1.807, 2.05) is 6.20 Å². The largest absolute Gasteiger partial charge is 0.378 e. The molecule has 0 spiro atoms. The monoisotopic (exact) mass is 261 g/mol. The predicted octanol–water partition coefficient (Wildman–Crippen LogP) is 4.19. The van der Waals surface area contributed by atoms with E-state index in [0.29, 0.717) is 0 Å². The highest BCUT2D eigenvalue weighted by molar-refractivity contribution is 5.41. The van der Waals surface area contributed by atoms with Crippen LogP contribution in [0.3, 0.4) is 0 Å². The van der Waals surface area contributed by atoms with Gasteiger partial charge >= 0.3 is 0 Å². The zero-order valence-electron chi connectivity index (χ0n) is 11.7. The first-order chi connectivity index (χ1) is 9.79. The second kappa shape index (κ2) is 5.38. The van der Waals surface area contributed by atoms with Crippen LogP contribution in [0, 0.1) is 0 Å². The van der Waals surface area contributed by atoms with Crippen LogP contribution in [0.1, 0.15) is 18.1 Å². The first-order valence-electron chi connectivity index (χ1n) is 7.02. The molecule has 1 heteroatoms. The topological polar surface area (TPSA) is 12.0 Å². The SMILES string of the molecule is CC1(c2ccccc2)NC=CC=C1Cc1ccccc1. The van der Waals surface area contributed by atoms with Crippen molar-refractivity contribution in [3.05, 3.63) is 95.7 Å². The van der Waals surface area contributed by atoms with Crippen LogP contribution >= 0.6 is 0 Å². The smallest absolute Gasteiger partial charge is 0.0812 e. The summed E-state index contributed by atoms with van der Waals surface area (Å²) >= 11 is 0. The third-order valence-corrected chi connectivity index (χ3v) is 4.00. The Morgan fingerprint density at radius 2 is 1.55 bits per heavy atom. The molecule has 1 N–H and O–H groups in total. The minimum atomic E-state index is -0.133. The summed E-state index contributed by atoms with van der Waals surface area (Å²) in [6.45, 7) is 2.25. The van der Waals surface area contributed by atoms with Crippen LogP contribution < -0.4 is 5.32 Å². The molecule has 1 aliphatic heterocycles. The van der Waals surface area contributed by atoms with E-state index in [1.54, 1.807) is 0 Å². The number of hydrogen-bond donors (Lipinski definition) is 1. The van der Waals surface area contributed by atoms with Crippen LogP contribution in [0.2, 0.25) is 0 Å². The lowest BCUT2D eigenvalue weighted by atomic mass is 9.80. The molecule has 2 aromatic carbocycles. The van der Waals surface area contributed by atoms with Gasteiger partial charge in [0.2, 0.25) is 0 Å². The molecular weight excluding hydrogens is 242 g/mol. The van der Waals surface area contributed by atoms with Crippen LogP contribution in [-0.2, 0) is 12.0 Å². The van der Waals surface area contributed by atoms with Crippen LogP contribution in [0.5, 0.6) is 0 Å².